The van der Waals surface area contributed by atoms with Gasteiger partial charge in [-0.2, -0.15) is 26.3 Å². The topological polar surface area (TPSA) is 193 Å². The van der Waals surface area contributed by atoms with E-state index in [9.17, 15) is 36.2 Å². The molecule has 53 heavy (non-hydrogen) atoms. The number of rotatable bonds is 13. The number of benzene rings is 3. The number of carbonyl (C=O) groups excluding carboxylic acids is 1. The van der Waals surface area contributed by atoms with E-state index in [1.807, 2.05) is 68.4 Å². The van der Waals surface area contributed by atoms with Crippen molar-refractivity contribution in [1.82, 2.24) is 10.3 Å². The number of nitrogens with zero attached hydrogens (tertiary/aromatic N) is 1. The van der Waals surface area contributed by atoms with E-state index in [-0.39, 0.29) is 18.2 Å². The van der Waals surface area contributed by atoms with Gasteiger partial charge in [0.1, 0.15) is 0 Å². The van der Waals surface area contributed by atoms with Gasteiger partial charge in [-0.3, -0.25) is 9.78 Å². The van der Waals surface area contributed by atoms with E-state index in [1.54, 1.807) is 0 Å². The highest BCUT2D eigenvalue weighted by atomic mass is 19.4. The second kappa shape index (κ2) is 19.8. The monoisotopic (exact) mass is 756 g/mol. The van der Waals surface area contributed by atoms with Gasteiger partial charge in [0.25, 0.3) is 5.91 Å². The smallest absolute Gasteiger partial charge is 0.490 e. The number of alkyl halides is 6. The highest BCUT2D eigenvalue weighted by molar-refractivity contribution is 6.08. The van der Waals surface area contributed by atoms with Crippen LogP contribution in [0.5, 0.6) is 11.5 Å². The number of carbonyl (C=O) groups is 3. The molecular weight excluding hydrogens is 718 g/mol. The molecule has 0 aliphatic rings. The lowest BCUT2D eigenvalue weighted by atomic mass is 10.0. The minimum absolute atomic E-state index is 0.0136. The van der Waals surface area contributed by atoms with E-state index in [0.717, 1.165) is 28.8 Å². The predicted molar refractivity (Wildman–Crippen MR) is 182 cm³/mol. The zero-order valence-corrected chi connectivity index (χ0v) is 28.6. The fourth-order valence-electron chi connectivity index (χ4n) is 4.73. The van der Waals surface area contributed by atoms with Crippen LogP contribution in [0, 0.1) is 0 Å². The normalized spacial score (nSPS) is 11.7. The summed E-state index contributed by atoms with van der Waals surface area (Å²) < 4.78 is 75.1. The number of halogens is 6. The van der Waals surface area contributed by atoms with Crippen molar-refractivity contribution in [3.8, 4) is 11.5 Å². The van der Waals surface area contributed by atoms with E-state index in [4.69, 9.17) is 35.0 Å². The van der Waals surface area contributed by atoms with Crippen LogP contribution >= 0.6 is 0 Å². The SMILES string of the molecule is CCOc1cc2ncc(C(N)=O)c(Nc3cccc(CN[C@H](CO)c4ccccc4)c3CC)c2cc1OCC.O=C(O)C(F)(F)F.O=C(O)C(F)(F)F. The van der Waals surface area contributed by atoms with Crippen LogP contribution in [0.1, 0.15) is 53.9 Å². The van der Waals surface area contributed by atoms with Crippen molar-refractivity contribution in [2.45, 2.75) is 52.1 Å². The molecule has 0 radical (unpaired) electrons. The number of aromatic nitrogens is 1. The number of hydrogen-bond acceptors (Lipinski definition) is 9. The van der Waals surface area contributed by atoms with E-state index in [0.29, 0.717) is 47.8 Å². The number of nitrogens with one attached hydrogen (secondary N) is 2. The van der Waals surface area contributed by atoms with Crippen LogP contribution in [-0.2, 0) is 22.6 Å². The molecule has 0 aliphatic heterocycles. The Labute approximate surface area is 299 Å². The van der Waals surface area contributed by atoms with Gasteiger partial charge in [0, 0.05) is 29.9 Å². The first-order chi connectivity index (χ1) is 24.9. The molecule has 7 N–H and O–H groups in total. The van der Waals surface area contributed by atoms with Crippen molar-refractivity contribution in [3.05, 3.63) is 89.1 Å². The van der Waals surface area contributed by atoms with Gasteiger partial charge < -0.3 is 41.2 Å². The Morgan fingerprint density at radius 1 is 0.849 bits per heavy atom. The van der Waals surface area contributed by atoms with Gasteiger partial charge >= 0.3 is 24.3 Å². The molecule has 1 amide bonds. The number of fused-ring (bicyclic) bond motifs is 1. The number of nitrogens with two attached hydrogens (primary N) is 1. The van der Waals surface area contributed by atoms with Gasteiger partial charge in [0.05, 0.1) is 42.6 Å². The lowest BCUT2D eigenvalue weighted by molar-refractivity contribution is -0.193. The van der Waals surface area contributed by atoms with E-state index in [1.165, 1.54) is 6.20 Å². The van der Waals surface area contributed by atoms with Gasteiger partial charge in [0.2, 0.25) is 0 Å². The molecule has 1 atom stereocenters. The molecule has 0 aliphatic carbocycles. The first-order valence-corrected chi connectivity index (χ1v) is 15.8. The number of aliphatic hydroxyl groups excluding tert-OH is 1. The maximum Gasteiger partial charge on any atom is 0.490 e. The van der Waals surface area contributed by atoms with Crippen molar-refractivity contribution < 1.29 is 65.5 Å². The molecule has 0 saturated carbocycles. The molecule has 0 spiro atoms. The Kier molecular flexibility index (Phi) is 16.3. The first-order valence-electron chi connectivity index (χ1n) is 15.8. The van der Waals surface area contributed by atoms with Crippen LogP contribution in [0.15, 0.2) is 66.9 Å². The van der Waals surface area contributed by atoms with Gasteiger partial charge in [-0.1, -0.05) is 49.4 Å². The lowest BCUT2D eigenvalue weighted by Crippen LogP contribution is -2.24. The number of carboxylic acids is 2. The van der Waals surface area contributed by atoms with Crippen LogP contribution in [0.4, 0.5) is 37.7 Å². The molecule has 288 valence electrons. The zero-order valence-electron chi connectivity index (χ0n) is 28.6. The molecule has 4 rings (SSSR count). The minimum atomic E-state index is -5.08. The number of aliphatic carboxylic acids is 2. The number of aliphatic hydroxyl groups is 1. The summed E-state index contributed by atoms with van der Waals surface area (Å²) in [5.41, 5.74) is 11.3. The first kappa shape index (κ1) is 43.5. The van der Waals surface area contributed by atoms with Crippen molar-refractivity contribution in [2.24, 2.45) is 5.73 Å². The summed E-state index contributed by atoms with van der Waals surface area (Å²) in [4.78, 5) is 34.7. The minimum Gasteiger partial charge on any atom is -0.490 e. The van der Waals surface area contributed by atoms with Crippen molar-refractivity contribution in [3.63, 3.8) is 0 Å². The summed E-state index contributed by atoms with van der Waals surface area (Å²) in [6.45, 7) is 7.40. The average Bonchev–Trinajstić information content (AvgIpc) is 3.09. The Balaban J connectivity index is 0.000000587. The lowest BCUT2D eigenvalue weighted by Gasteiger charge is -2.21. The van der Waals surface area contributed by atoms with E-state index in [2.05, 4.69) is 28.6 Å². The standard InChI is InChI=1S/C31H36N4O4.2C2HF3O2/c1-4-22-21(17-33-27(19-36)20-11-8-7-9-12-20)13-10-14-25(22)35-30-23-15-28(38-5-2)29(39-6-3)16-26(23)34-18-24(30)31(32)37;2*3-2(4,5)1(6)7/h7-16,18,27,33,36H,4-6,17,19H2,1-3H3,(H2,32,37)(H,34,35);2*(H,6,7)/t27-;;/m1../s1. The summed E-state index contributed by atoms with van der Waals surface area (Å²) in [6, 6.07) is 19.4. The fraction of sp³-hybridized carbons (Fsp3) is 0.314. The summed E-state index contributed by atoms with van der Waals surface area (Å²) in [5.74, 6) is -4.93. The molecule has 0 fully saturated rings. The van der Waals surface area contributed by atoms with Gasteiger partial charge in [-0.15, -0.1) is 0 Å². The highest BCUT2D eigenvalue weighted by Crippen LogP contribution is 2.38. The number of ether oxygens (including phenoxy) is 2. The molecule has 0 bridgehead atoms. The van der Waals surface area contributed by atoms with Crippen molar-refractivity contribution in [2.75, 3.05) is 25.1 Å². The second-order valence-corrected chi connectivity index (χ2v) is 10.6. The maximum absolute atomic E-state index is 12.5. The quantitative estimate of drug-likeness (QED) is 0.0813. The van der Waals surface area contributed by atoms with Crippen LogP contribution in [0.2, 0.25) is 0 Å². The van der Waals surface area contributed by atoms with E-state index >= 15 is 0 Å². The Morgan fingerprint density at radius 2 is 1.40 bits per heavy atom. The maximum atomic E-state index is 12.5. The van der Waals surface area contributed by atoms with Gasteiger partial charge in [-0.25, -0.2) is 9.59 Å². The van der Waals surface area contributed by atoms with Gasteiger partial charge in [-0.05, 0) is 49.1 Å². The zero-order chi connectivity index (χ0) is 39.9. The Bertz CT molecular complexity index is 1820. The highest BCUT2D eigenvalue weighted by Gasteiger charge is 2.39. The Morgan fingerprint density at radius 3 is 1.87 bits per heavy atom. The number of pyridine rings is 1. The molecule has 3 aromatic carbocycles. The molecule has 1 heterocycles. The molecule has 4 aromatic rings. The summed E-state index contributed by atoms with van der Waals surface area (Å²) in [7, 11) is 0. The van der Waals surface area contributed by atoms with Crippen molar-refractivity contribution in [1.29, 1.82) is 0 Å². The summed E-state index contributed by atoms with van der Waals surface area (Å²) in [5, 5.41) is 31.9. The number of hydrogen-bond donors (Lipinski definition) is 6. The third-order valence-electron chi connectivity index (χ3n) is 7.09. The average molecular weight is 757 g/mol. The number of amides is 1. The summed E-state index contributed by atoms with van der Waals surface area (Å²) in [6.07, 6.45) is -7.92. The second-order valence-electron chi connectivity index (χ2n) is 10.6. The van der Waals surface area contributed by atoms with Gasteiger partial charge in [0.15, 0.2) is 11.5 Å². The number of carboxylic acid groups (broad SMARTS) is 2. The molecule has 1 aromatic heterocycles. The number of primary amides is 1. The molecule has 0 unspecified atom stereocenters. The third-order valence-corrected chi connectivity index (χ3v) is 7.09. The summed E-state index contributed by atoms with van der Waals surface area (Å²) >= 11 is 0. The molecule has 12 nitrogen and oxygen atoms in total. The molecule has 0 saturated heterocycles. The third kappa shape index (κ3) is 12.8. The van der Waals surface area contributed by atoms with Crippen LogP contribution in [0.3, 0.4) is 0 Å². The largest absolute Gasteiger partial charge is 0.490 e. The van der Waals surface area contributed by atoms with Crippen LogP contribution in [-0.4, -0.2) is 70.3 Å². The molecule has 18 heteroatoms. The predicted octanol–water partition coefficient (Wildman–Crippen LogP) is 6.53. The Hall–Kier alpha value is -5.62. The molecular formula is C35H38F6N4O8. The van der Waals surface area contributed by atoms with Crippen molar-refractivity contribution >= 4 is 40.1 Å². The number of anilines is 2. The fourth-order valence-corrected chi connectivity index (χ4v) is 4.73. The van der Waals surface area contributed by atoms with Crippen LogP contribution < -0.4 is 25.8 Å². The van der Waals surface area contributed by atoms with Crippen LogP contribution in [0.25, 0.3) is 10.9 Å². The van der Waals surface area contributed by atoms with E-state index < -0.39 is 30.2 Å².